The molecule has 5 nitrogen and oxygen atoms in total. The fraction of sp³-hybridized carbons (Fsp3) is 0.600. The molecule has 0 spiro atoms. The van der Waals surface area contributed by atoms with Crippen molar-refractivity contribution in [1.29, 1.82) is 0 Å². The molecule has 0 aromatic carbocycles. The number of nitrogen functional groups attached to an aromatic ring is 1. The van der Waals surface area contributed by atoms with Gasteiger partial charge in [-0.05, 0) is 35.2 Å². The average Bonchev–Trinajstić information content (AvgIpc) is 2.32. The molecule has 6 heteroatoms. The zero-order valence-electron chi connectivity index (χ0n) is 8.95. The van der Waals surface area contributed by atoms with E-state index in [1.54, 1.807) is 6.20 Å². The minimum Gasteiger partial charge on any atom is -0.376 e. The lowest BCUT2D eigenvalue weighted by atomic mass is 10.1. The highest BCUT2D eigenvalue weighted by molar-refractivity contribution is 9.10. The Morgan fingerprint density at radius 1 is 1.56 bits per heavy atom. The summed E-state index contributed by atoms with van der Waals surface area (Å²) in [6, 6.07) is 0. The molecule has 2 rings (SSSR count). The van der Waals surface area contributed by atoms with Crippen molar-refractivity contribution in [3.8, 4) is 0 Å². The SMILES string of the molecule is Nc1ncc(Br)c(NCC2CCCCO2)n1. The van der Waals surface area contributed by atoms with Crippen LogP contribution in [-0.2, 0) is 4.74 Å². The van der Waals surface area contributed by atoms with Crippen molar-refractivity contribution in [3.63, 3.8) is 0 Å². The number of rotatable bonds is 3. The molecule has 1 aliphatic heterocycles. The molecule has 1 fully saturated rings. The van der Waals surface area contributed by atoms with E-state index >= 15 is 0 Å². The predicted octanol–water partition coefficient (Wildman–Crippen LogP) is 1.80. The van der Waals surface area contributed by atoms with E-state index in [0.29, 0.717) is 0 Å². The lowest BCUT2D eigenvalue weighted by Gasteiger charge is -2.23. The van der Waals surface area contributed by atoms with Gasteiger partial charge in [0, 0.05) is 19.3 Å². The molecule has 1 aromatic heterocycles. The fourth-order valence-corrected chi connectivity index (χ4v) is 2.01. The Morgan fingerprint density at radius 2 is 2.44 bits per heavy atom. The van der Waals surface area contributed by atoms with Gasteiger partial charge in [-0.15, -0.1) is 0 Å². The maximum Gasteiger partial charge on any atom is 0.221 e. The number of hydrogen-bond acceptors (Lipinski definition) is 5. The quantitative estimate of drug-likeness (QED) is 0.887. The molecule has 0 bridgehead atoms. The second-order valence-electron chi connectivity index (χ2n) is 3.79. The van der Waals surface area contributed by atoms with E-state index in [9.17, 15) is 0 Å². The molecule has 1 aliphatic rings. The van der Waals surface area contributed by atoms with Crippen LogP contribution in [0.3, 0.4) is 0 Å². The van der Waals surface area contributed by atoms with Gasteiger partial charge in [0.1, 0.15) is 5.82 Å². The van der Waals surface area contributed by atoms with Crippen molar-refractivity contribution in [2.24, 2.45) is 0 Å². The highest BCUT2D eigenvalue weighted by atomic mass is 79.9. The van der Waals surface area contributed by atoms with E-state index in [2.05, 4.69) is 31.2 Å². The largest absolute Gasteiger partial charge is 0.376 e. The average molecular weight is 287 g/mol. The number of nitrogens with zero attached hydrogens (tertiary/aromatic N) is 2. The molecule has 1 aromatic rings. The zero-order chi connectivity index (χ0) is 11.4. The third-order valence-corrected chi connectivity index (χ3v) is 3.11. The van der Waals surface area contributed by atoms with Crippen LogP contribution in [0.2, 0.25) is 0 Å². The van der Waals surface area contributed by atoms with Crippen molar-refractivity contribution in [2.75, 3.05) is 24.2 Å². The van der Waals surface area contributed by atoms with E-state index in [-0.39, 0.29) is 12.1 Å². The smallest absolute Gasteiger partial charge is 0.221 e. The molecule has 1 atom stereocenters. The summed E-state index contributed by atoms with van der Waals surface area (Å²) >= 11 is 3.37. The van der Waals surface area contributed by atoms with Gasteiger partial charge >= 0.3 is 0 Å². The summed E-state index contributed by atoms with van der Waals surface area (Å²) in [7, 11) is 0. The summed E-state index contributed by atoms with van der Waals surface area (Å²) in [6.07, 6.45) is 5.43. The van der Waals surface area contributed by atoms with Crippen LogP contribution in [0.4, 0.5) is 11.8 Å². The normalized spacial score (nSPS) is 20.7. The predicted molar refractivity (Wildman–Crippen MR) is 66.2 cm³/mol. The summed E-state index contributed by atoms with van der Waals surface area (Å²) in [5.41, 5.74) is 5.52. The van der Waals surface area contributed by atoms with Crippen LogP contribution in [0.5, 0.6) is 0 Å². The van der Waals surface area contributed by atoms with Crippen LogP contribution in [-0.4, -0.2) is 29.2 Å². The monoisotopic (exact) mass is 286 g/mol. The minimum atomic E-state index is 0.273. The van der Waals surface area contributed by atoms with Gasteiger partial charge in [-0.25, -0.2) is 4.98 Å². The van der Waals surface area contributed by atoms with Gasteiger partial charge in [-0.3, -0.25) is 0 Å². The molecule has 0 radical (unpaired) electrons. The van der Waals surface area contributed by atoms with Crippen molar-refractivity contribution in [1.82, 2.24) is 9.97 Å². The summed E-state index contributed by atoms with van der Waals surface area (Å²) in [5.74, 6) is 0.997. The third-order valence-electron chi connectivity index (χ3n) is 2.53. The number of nitrogens with one attached hydrogen (secondary N) is 1. The summed E-state index contributed by atoms with van der Waals surface area (Å²) in [4.78, 5) is 7.99. The first-order valence-electron chi connectivity index (χ1n) is 5.39. The summed E-state index contributed by atoms with van der Waals surface area (Å²) in [5, 5.41) is 3.22. The van der Waals surface area contributed by atoms with Crippen molar-refractivity contribution in [2.45, 2.75) is 25.4 Å². The zero-order valence-corrected chi connectivity index (χ0v) is 10.5. The fourth-order valence-electron chi connectivity index (χ4n) is 1.68. The number of hydrogen-bond donors (Lipinski definition) is 2. The maximum atomic E-state index is 5.62. The van der Waals surface area contributed by atoms with Crippen molar-refractivity contribution < 1.29 is 4.74 Å². The molecule has 1 saturated heterocycles. The Balaban J connectivity index is 1.90. The van der Waals surface area contributed by atoms with E-state index in [1.807, 2.05) is 0 Å². The number of halogens is 1. The van der Waals surface area contributed by atoms with E-state index in [4.69, 9.17) is 10.5 Å². The Labute approximate surface area is 103 Å². The van der Waals surface area contributed by atoms with Gasteiger partial charge in [-0.1, -0.05) is 0 Å². The lowest BCUT2D eigenvalue weighted by molar-refractivity contribution is 0.0247. The van der Waals surface area contributed by atoms with Gasteiger partial charge in [0.05, 0.1) is 10.6 Å². The molecule has 2 heterocycles. The standard InChI is InChI=1S/C10H15BrN4O/c11-8-6-14-10(12)15-9(8)13-5-7-3-1-2-4-16-7/h6-7H,1-5H2,(H3,12,13,14,15). The number of nitrogens with two attached hydrogens (primary N) is 1. The summed E-state index contributed by atoms with van der Waals surface area (Å²) < 4.78 is 6.43. The second kappa shape index (κ2) is 5.45. The molecule has 0 amide bonds. The Morgan fingerprint density at radius 3 is 3.19 bits per heavy atom. The third kappa shape index (κ3) is 3.05. The van der Waals surface area contributed by atoms with Crippen molar-refractivity contribution >= 4 is 27.7 Å². The van der Waals surface area contributed by atoms with Crippen molar-refractivity contribution in [3.05, 3.63) is 10.7 Å². The summed E-state index contributed by atoms with van der Waals surface area (Å²) in [6.45, 7) is 1.62. The topological polar surface area (TPSA) is 73.1 Å². The first-order chi connectivity index (χ1) is 7.75. The Kier molecular flexibility index (Phi) is 3.95. The molecule has 16 heavy (non-hydrogen) atoms. The van der Waals surface area contributed by atoms with E-state index in [1.165, 1.54) is 12.8 Å². The van der Waals surface area contributed by atoms with E-state index in [0.717, 1.165) is 29.9 Å². The van der Waals surface area contributed by atoms with Crippen LogP contribution in [0.1, 0.15) is 19.3 Å². The van der Waals surface area contributed by atoms with Gasteiger partial charge in [0.25, 0.3) is 0 Å². The van der Waals surface area contributed by atoms with Gasteiger partial charge in [0.15, 0.2) is 0 Å². The molecule has 1 unspecified atom stereocenters. The van der Waals surface area contributed by atoms with Gasteiger partial charge in [0.2, 0.25) is 5.95 Å². The van der Waals surface area contributed by atoms with Gasteiger partial charge < -0.3 is 15.8 Å². The van der Waals surface area contributed by atoms with Crippen LogP contribution in [0.25, 0.3) is 0 Å². The number of ether oxygens (including phenoxy) is 1. The van der Waals surface area contributed by atoms with Crippen LogP contribution in [0, 0.1) is 0 Å². The molecule has 0 saturated carbocycles. The molecule has 3 N–H and O–H groups in total. The minimum absolute atomic E-state index is 0.273. The highest BCUT2D eigenvalue weighted by Gasteiger charge is 2.14. The first-order valence-corrected chi connectivity index (χ1v) is 6.18. The maximum absolute atomic E-state index is 5.62. The molecule has 0 aliphatic carbocycles. The lowest BCUT2D eigenvalue weighted by Crippen LogP contribution is -2.27. The molecular formula is C10H15BrN4O. The van der Waals surface area contributed by atoms with Crippen LogP contribution < -0.4 is 11.1 Å². The molecular weight excluding hydrogens is 272 g/mol. The Hall–Kier alpha value is -0.880. The second-order valence-corrected chi connectivity index (χ2v) is 4.65. The van der Waals surface area contributed by atoms with Crippen LogP contribution in [0.15, 0.2) is 10.7 Å². The number of aromatic nitrogens is 2. The molecule has 88 valence electrons. The first kappa shape index (κ1) is 11.6. The Bertz CT molecular complexity index is 355. The number of anilines is 2. The van der Waals surface area contributed by atoms with Gasteiger partial charge in [-0.2, -0.15) is 4.98 Å². The van der Waals surface area contributed by atoms with E-state index < -0.39 is 0 Å². The van der Waals surface area contributed by atoms with Crippen LogP contribution >= 0.6 is 15.9 Å². The highest BCUT2D eigenvalue weighted by Crippen LogP contribution is 2.20.